The highest BCUT2D eigenvalue weighted by Crippen LogP contribution is 2.34. The van der Waals surface area contributed by atoms with Gasteiger partial charge in [0.25, 0.3) is 0 Å². The smallest absolute Gasteiger partial charge is 0.119 e. The normalized spacial score (nSPS) is 29.8. The fourth-order valence-electron chi connectivity index (χ4n) is 5.21. The molecule has 3 nitrogen and oxygen atoms in total. The van der Waals surface area contributed by atoms with Crippen molar-refractivity contribution in [1.29, 1.82) is 0 Å². The van der Waals surface area contributed by atoms with Gasteiger partial charge in [-0.1, -0.05) is 26.0 Å². The zero-order chi connectivity index (χ0) is 19.2. The Morgan fingerprint density at radius 2 is 1.59 bits per heavy atom. The Labute approximate surface area is 167 Å². The molecule has 1 heterocycles. The van der Waals surface area contributed by atoms with Crippen LogP contribution in [0.3, 0.4) is 0 Å². The minimum atomic E-state index is 0.735. The standard InChI is InChI=1S/C24H40N2O/c1-19-16-20(2)18-26(17-19)14-5-15-27-24-12-8-22(9-13-24)21-6-10-23(11-7-21)25(3)4/h8-9,12-13,19-21,23H,5-7,10-11,14-18H2,1-4H3/t19-,20-,21?,23?/m1/s1. The van der Waals surface area contributed by atoms with E-state index in [-0.39, 0.29) is 0 Å². The third kappa shape index (κ3) is 6.22. The zero-order valence-electron chi connectivity index (χ0n) is 18.0. The number of rotatable bonds is 7. The minimum Gasteiger partial charge on any atom is -0.494 e. The average molecular weight is 373 g/mol. The molecule has 1 aliphatic heterocycles. The van der Waals surface area contributed by atoms with Gasteiger partial charge in [-0.15, -0.1) is 0 Å². The summed E-state index contributed by atoms with van der Waals surface area (Å²) in [5, 5.41) is 0. The molecule has 0 spiro atoms. The van der Waals surface area contributed by atoms with Crippen LogP contribution in [0.25, 0.3) is 0 Å². The van der Waals surface area contributed by atoms with Crippen LogP contribution in [0.1, 0.15) is 63.9 Å². The number of ether oxygens (including phenoxy) is 1. The van der Waals surface area contributed by atoms with Crippen molar-refractivity contribution in [1.82, 2.24) is 9.80 Å². The first-order valence-corrected chi connectivity index (χ1v) is 11.1. The van der Waals surface area contributed by atoms with Crippen LogP contribution >= 0.6 is 0 Å². The molecule has 152 valence electrons. The number of likely N-dealkylation sites (tertiary alicyclic amines) is 1. The van der Waals surface area contributed by atoms with Crippen molar-refractivity contribution in [2.75, 3.05) is 40.3 Å². The highest BCUT2D eigenvalue weighted by molar-refractivity contribution is 5.29. The van der Waals surface area contributed by atoms with Crippen LogP contribution in [0.4, 0.5) is 0 Å². The first-order chi connectivity index (χ1) is 13.0. The van der Waals surface area contributed by atoms with Crippen molar-refractivity contribution < 1.29 is 4.74 Å². The summed E-state index contributed by atoms with van der Waals surface area (Å²) in [4.78, 5) is 5.01. The third-order valence-corrected chi connectivity index (χ3v) is 6.61. The Balaban J connectivity index is 1.37. The molecule has 3 heteroatoms. The van der Waals surface area contributed by atoms with Crippen molar-refractivity contribution in [2.45, 2.75) is 64.3 Å². The SMILES string of the molecule is C[C@@H]1C[C@@H](C)CN(CCCOc2ccc(C3CCC(N(C)C)CC3)cc2)C1. The van der Waals surface area contributed by atoms with Gasteiger partial charge in [0.15, 0.2) is 0 Å². The molecule has 1 aromatic rings. The second kappa shape index (κ2) is 9.93. The third-order valence-electron chi connectivity index (χ3n) is 6.61. The lowest BCUT2D eigenvalue weighted by molar-refractivity contribution is 0.132. The number of hydrogen-bond acceptors (Lipinski definition) is 3. The predicted molar refractivity (Wildman–Crippen MR) is 115 cm³/mol. The summed E-state index contributed by atoms with van der Waals surface area (Å²) in [6, 6.07) is 9.72. The fourth-order valence-corrected chi connectivity index (χ4v) is 5.21. The van der Waals surface area contributed by atoms with Crippen molar-refractivity contribution in [3.05, 3.63) is 29.8 Å². The number of benzene rings is 1. The Hall–Kier alpha value is -1.06. The molecule has 2 aliphatic rings. The highest BCUT2D eigenvalue weighted by Gasteiger charge is 2.23. The summed E-state index contributed by atoms with van der Waals surface area (Å²) in [6.07, 6.45) is 7.78. The van der Waals surface area contributed by atoms with Gasteiger partial charge in [0.1, 0.15) is 5.75 Å². The molecule has 0 aromatic heterocycles. The predicted octanol–water partition coefficient (Wildman–Crippen LogP) is 5.02. The molecule has 0 N–H and O–H groups in total. The van der Waals surface area contributed by atoms with Gasteiger partial charge in [-0.2, -0.15) is 0 Å². The van der Waals surface area contributed by atoms with Crippen LogP contribution in [-0.2, 0) is 0 Å². The van der Waals surface area contributed by atoms with E-state index in [2.05, 4.69) is 62.0 Å². The maximum Gasteiger partial charge on any atom is 0.119 e. The largest absolute Gasteiger partial charge is 0.494 e. The van der Waals surface area contributed by atoms with E-state index >= 15 is 0 Å². The maximum atomic E-state index is 6.01. The van der Waals surface area contributed by atoms with Crippen LogP contribution in [0, 0.1) is 11.8 Å². The van der Waals surface area contributed by atoms with Gasteiger partial charge >= 0.3 is 0 Å². The lowest BCUT2D eigenvalue weighted by Crippen LogP contribution is -2.39. The summed E-state index contributed by atoms with van der Waals surface area (Å²) >= 11 is 0. The quantitative estimate of drug-likeness (QED) is 0.625. The Bertz CT molecular complexity index is 538. The molecule has 1 saturated heterocycles. The summed E-state index contributed by atoms with van der Waals surface area (Å²) < 4.78 is 6.01. The number of hydrogen-bond donors (Lipinski definition) is 0. The van der Waals surface area contributed by atoms with E-state index < -0.39 is 0 Å². The van der Waals surface area contributed by atoms with Crippen LogP contribution in [0.2, 0.25) is 0 Å². The Morgan fingerprint density at radius 1 is 0.963 bits per heavy atom. The Kier molecular flexibility index (Phi) is 7.60. The van der Waals surface area contributed by atoms with Gasteiger partial charge in [-0.25, -0.2) is 0 Å². The van der Waals surface area contributed by atoms with E-state index in [1.807, 2.05) is 0 Å². The second-order valence-corrected chi connectivity index (χ2v) is 9.45. The molecule has 0 bridgehead atoms. The van der Waals surface area contributed by atoms with E-state index in [9.17, 15) is 0 Å². The van der Waals surface area contributed by atoms with E-state index in [0.29, 0.717) is 0 Å². The lowest BCUT2D eigenvalue weighted by Gasteiger charge is -2.34. The first-order valence-electron chi connectivity index (χ1n) is 11.1. The minimum absolute atomic E-state index is 0.735. The van der Waals surface area contributed by atoms with E-state index in [4.69, 9.17) is 4.74 Å². The molecule has 2 fully saturated rings. The van der Waals surface area contributed by atoms with Gasteiger partial charge in [0.05, 0.1) is 6.61 Å². The van der Waals surface area contributed by atoms with Crippen molar-refractivity contribution in [3.63, 3.8) is 0 Å². The van der Waals surface area contributed by atoms with E-state index in [1.54, 1.807) is 0 Å². The molecule has 0 amide bonds. The molecule has 2 atom stereocenters. The highest BCUT2D eigenvalue weighted by atomic mass is 16.5. The molecule has 0 radical (unpaired) electrons. The molecule has 27 heavy (non-hydrogen) atoms. The molecule has 1 saturated carbocycles. The zero-order valence-corrected chi connectivity index (χ0v) is 18.0. The average Bonchev–Trinajstić information content (AvgIpc) is 2.65. The van der Waals surface area contributed by atoms with Crippen molar-refractivity contribution >= 4 is 0 Å². The summed E-state index contributed by atoms with van der Waals surface area (Å²) in [7, 11) is 4.42. The topological polar surface area (TPSA) is 15.7 Å². The van der Waals surface area contributed by atoms with Crippen LogP contribution in [0.15, 0.2) is 24.3 Å². The molecular formula is C24H40N2O. The molecule has 1 aliphatic carbocycles. The summed E-state index contributed by atoms with van der Waals surface area (Å²) in [5.74, 6) is 3.45. The van der Waals surface area contributed by atoms with Gasteiger partial charge in [-0.05, 0) is 88.1 Å². The molecular weight excluding hydrogens is 332 g/mol. The molecule has 1 aromatic carbocycles. The van der Waals surface area contributed by atoms with Gasteiger partial charge in [0, 0.05) is 25.7 Å². The molecule has 3 rings (SSSR count). The van der Waals surface area contributed by atoms with Gasteiger partial charge < -0.3 is 14.5 Å². The lowest BCUT2D eigenvalue weighted by atomic mass is 9.81. The van der Waals surface area contributed by atoms with Gasteiger partial charge in [0.2, 0.25) is 0 Å². The Morgan fingerprint density at radius 3 is 2.19 bits per heavy atom. The van der Waals surface area contributed by atoms with E-state index in [0.717, 1.165) is 42.6 Å². The second-order valence-electron chi connectivity index (χ2n) is 9.45. The maximum absolute atomic E-state index is 6.01. The monoisotopic (exact) mass is 372 g/mol. The number of piperidine rings is 1. The van der Waals surface area contributed by atoms with Crippen molar-refractivity contribution in [2.24, 2.45) is 11.8 Å². The first kappa shape index (κ1) is 20.7. The van der Waals surface area contributed by atoms with Crippen LogP contribution in [0.5, 0.6) is 5.75 Å². The van der Waals surface area contributed by atoms with Crippen LogP contribution in [-0.4, -0.2) is 56.2 Å². The van der Waals surface area contributed by atoms with Crippen molar-refractivity contribution in [3.8, 4) is 5.75 Å². The van der Waals surface area contributed by atoms with E-state index in [1.165, 1.54) is 57.3 Å². The molecule has 0 unspecified atom stereocenters. The summed E-state index contributed by atoms with van der Waals surface area (Å²) in [6.45, 7) is 9.28. The summed E-state index contributed by atoms with van der Waals surface area (Å²) in [5.41, 5.74) is 1.50. The van der Waals surface area contributed by atoms with Crippen LogP contribution < -0.4 is 4.74 Å². The van der Waals surface area contributed by atoms with Gasteiger partial charge in [-0.3, -0.25) is 0 Å². The number of nitrogens with zero attached hydrogens (tertiary/aromatic N) is 2. The fraction of sp³-hybridized carbons (Fsp3) is 0.750.